The average Bonchev–Trinajstić information content (AvgIpc) is 2.82. The van der Waals surface area contributed by atoms with Crippen molar-refractivity contribution in [3.63, 3.8) is 0 Å². The van der Waals surface area contributed by atoms with Crippen LogP contribution < -0.4 is 0 Å². The Hall–Kier alpha value is -0.720. The van der Waals surface area contributed by atoms with Crippen molar-refractivity contribution < 1.29 is 21.9 Å². The van der Waals surface area contributed by atoms with Gasteiger partial charge in [0.2, 0.25) is 0 Å². The summed E-state index contributed by atoms with van der Waals surface area (Å²) in [5.41, 5.74) is 1.25. The van der Waals surface area contributed by atoms with Gasteiger partial charge in [0.15, 0.2) is 0 Å². The summed E-state index contributed by atoms with van der Waals surface area (Å²) in [5, 5.41) is 0. The van der Waals surface area contributed by atoms with Gasteiger partial charge in [-0.05, 0) is 68.1 Å². The maximum absolute atomic E-state index is 12.4. The third kappa shape index (κ3) is 2.72. The number of carbonyl (C=O) groups excluding carboxylic acids is 1. The van der Waals surface area contributed by atoms with E-state index in [-0.39, 0.29) is 10.8 Å². The lowest BCUT2D eigenvalue weighted by Gasteiger charge is -2.56. The number of carbonyl (C=O) groups is 1. The van der Waals surface area contributed by atoms with Gasteiger partial charge in [-0.3, -0.25) is 9.35 Å². The van der Waals surface area contributed by atoms with Gasteiger partial charge in [0.05, 0.1) is 6.10 Å². The Morgan fingerprint density at radius 2 is 1.80 bits per heavy atom. The molecule has 25 heavy (non-hydrogen) atoms. The van der Waals surface area contributed by atoms with E-state index in [0.717, 1.165) is 38.5 Å². The predicted molar refractivity (Wildman–Crippen MR) is 93.1 cm³/mol. The topological polar surface area (TPSA) is 80.7 Å². The molecule has 4 aliphatic rings. The van der Waals surface area contributed by atoms with E-state index in [1.54, 1.807) is 0 Å². The molecular weight excluding hydrogens is 340 g/mol. The van der Waals surface area contributed by atoms with Gasteiger partial charge in [0.25, 0.3) is 0 Å². The van der Waals surface area contributed by atoms with Crippen LogP contribution in [0.25, 0.3) is 0 Å². The summed E-state index contributed by atoms with van der Waals surface area (Å²) < 4.78 is 35.9. The zero-order valence-corrected chi connectivity index (χ0v) is 15.8. The van der Waals surface area contributed by atoms with Crippen LogP contribution in [-0.4, -0.2) is 24.9 Å². The molecule has 6 heteroatoms. The molecule has 0 saturated heterocycles. The Labute approximate surface area is 150 Å². The lowest BCUT2D eigenvalue weighted by Crippen LogP contribution is -2.50. The molecule has 0 spiro atoms. The van der Waals surface area contributed by atoms with Gasteiger partial charge in [0, 0.05) is 11.8 Å². The van der Waals surface area contributed by atoms with Gasteiger partial charge >= 0.3 is 10.4 Å². The molecule has 4 aliphatic carbocycles. The summed E-state index contributed by atoms with van der Waals surface area (Å²) in [5.74, 6) is 2.10. The number of rotatable bonds is 2. The Bertz CT molecular complexity index is 726. The summed E-state index contributed by atoms with van der Waals surface area (Å²) in [4.78, 5) is 12.4. The van der Waals surface area contributed by atoms with Crippen molar-refractivity contribution in [1.29, 1.82) is 0 Å². The SMILES string of the molecule is CC12CCC3C(CC=C4C[C@@H](OS(=O)(=O)O)CCC43C)C1CCC2=O. The molecule has 3 saturated carbocycles. The minimum Gasteiger partial charge on any atom is -0.299 e. The molecule has 5 nitrogen and oxygen atoms in total. The molecule has 0 aromatic rings. The quantitative estimate of drug-likeness (QED) is 0.594. The molecule has 6 atom stereocenters. The monoisotopic (exact) mass is 368 g/mol. The molecular formula is C19H28O5S. The highest BCUT2D eigenvalue weighted by Gasteiger charge is 2.58. The predicted octanol–water partition coefficient (Wildman–Crippen LogP) is 3.71. The van der Waals surface area contributed by atoms with Gasteiger partial charge in [-0.2, -0.15) is 8.42 Å². The van der Waals surface area contributed by atoms with Gasteiger partial charge in [-0.15, -0.1) is 0 Å². The lowest BCUT2D eigenvalue weighted by atomic mass is 9.48. The summed E-state index contributed by atoms with van der Waals surface area (Å²) in [6.45, 7) is 4.50. The molecule has 0 bridgehead atoms. The van der Waals surface area contributed by atoms with E-state index in [1.165, 1.54) is 5.57 Å². The van der Waals surface area contributed by atoms with Crippen LogP contribution in [0.3, 0.4) is 0 Å². The van der Waals surface area contributed by atoms with E-state index in [9.17, 15) is 13.2 Å². The van der Waals surface area contributed by atoms with E-state index < -0.39 is 16.5 Å². The van der Waals surface area contributed by atoms with Crippen molar-refractivity contribution in [2.24, 2.45) is 28.6 Å². The smallest absolute Gasteiger partial charge is 0.299 e. The molecule has 4 rings (SSSR count). The molecule has 0 aliphatic heterocycles. The van der Waals surface area contributed by atoms with Crippen molar-refractivity contribution in [1.82, 2.24) is 0 Å². The second kappa shape index (κ2) is 5.64. The van der Waals surface area contributed by atoms with Crippen LogP contribution in [0, 0.1) is 28.6 Å². The summed E-state index contributed by atoms with van der Waals surface area (Å²) >= 11 is 0. The zero-order chi connectivity index (χ0) is 18.0. The van der Waals surface area contributed by atoms with Crippen LogP contribution in [0.2, 0.25) is 0 Å². The fourth-order valence-corrected chi connectivity index (χ4v) is 7.16. The minimum atomic E-state index is -4.40. The van der Waals surface area contributed by atoms with Crippen molar-refractivity contribution >= 4 is 16.2 Å². The van der Waals surface area contributed by atoms with Crippen molar-refractivity contribution in [3.8, 4) is 0 Å². The minimum absolute atomic E-state index is 0.0783. The fourth-order valence-electron chi connectivity index (χ4n) is 6.65. The number of Topliss-reactive ketones (excluding diaryl/α,β-unsaturated/α-hetero) is 1. The van der Waals surface area contributed by atoms with Crippen LogP contribution in [-0.2, 0) is 19.4 Å². The average molecular weight is 368 g/mol. The molecule has 140 valence electrons. The van der Waals surface area contributed by atoms with E-state index in [1.807, 2.05) is 0 Å². The van der Waals surface area contributed by atoms with Gasteiger partial charge in [0.1, 0.15) is 5.78 Å². The first-order valence-corrected chi connectivity index (χ1v) is 10.9. The largest absolute Gasteiger partial charge is 0.397 e. The van der Waals surface area contributed by atoms with Gasteiger partial charge in [-0.1, -0.05) is 25.5 Å². The van der Waals surface area contributed by atoms with E-state index in [2.05, 4.69) is 19.9 Å². The van der Waals surface area contributed by atoms with Crippen LogP contribution in [0.5, 0.6) is 0 Å². The van der Waals surface area contributed by atoms with Crippen LogP contribution in [0.1, 0.15) is 65.2 Å². The van der Waals surface area contributed by atoms with Gasteiger partial charge < -0.3 is 0 Å². The molecule has 3 fully saturated rings. The highest BCUT2D eigenvalue weighted by molar-refractivity contribution is 7.80. The highest BCUT2D eigenvalue weighted by atomic mass is 32.3. The van der Waals surface area contributed by atoms with E-state index >= 15 is 0 Å². The molecule has 0 radical (unpaired) electrons. The van der Waals surface area contributed by atoms with Crippen molar-refractivity contribution in [2.75, 3.05) is 0 Å². The molecule has 0 amide bonds. The van der Waals surface area contributed by atoms with Crippen LogP contribution in [0.15, 0.2) is 11.6 Å². The first-order valence-electron chi connectivity index (χ1n) is 9.52. The lowest BCUT2D eigenvalue weighted by molar-refractivity contribution is -0.131. The van der Waals surface area contributed by atoms with E-state index in [0.29, 0.717) is 36.4 Å². The molecule has 1 N–H and O–H groups in total. The molecule has 0 aromatic carbocycles. The number of hydrogen-bond donors (Lipinski definition) is 1. The molecule has 0 aromatic heterocycles. The first-order chi connectivity index (χ1) is 11.6. The zero-order valence-electron chi connectivity index (χ0n) is 15.0. The Balaban J connectivity index is 1.59. The highest BCUT2D eigenvalue weighted by Crippen LogP contribution is 2.64. The summed E-state index contributed by atoms with van der Waals surface area (Å²) in [6, 6.07) is 0. The summed E-state index contributed by atoms with van der Waals surface area (Å²) in [7, 11) is -4.40. The first kappa shape index (κ1) is 17.7. The maximum atomic E-state index is 12.4. The fraction of sp³-hybridized carbons (Fsp3) is 0.842. The number of ketones is 1. The summed E-state index contributed by atoms with van der Waals surface area (Å²) in [6.07, 6.45) is 8.79. The maximum Gasteiger partial charge on any atom is 0.397 e. The van der Waals surface area contributed by atoms with Crippen LogP contribution in [0.4, 0.5) is 0 Å². The Kier molecular flexibility index (Phi) is 3.99. The normalized spacial score (nSPS) is 46.8. The van der Waals surface area contributed by atoms with Crippen molar-refractivity contribution in [3.05, 3.63) is 11.6 Å². The Morgan fingerprint density at radius 3 is 2.52 bits per heavy atom. The number of fused-ring (bicyclic) bond motifs is 5. The molecule has 5 unspecified atom stereocenters. The third-order valence-electron chi connectivity index (χ3n) is 8.03. The van der Waals surface area contributed by atoms with Gasteiger partial charge in [-0.25, -0.2) is 4.18 Å². The number of hydrogen-bond acceptors (Lipinski definition) is 4. The van der Waals surface area contributed by atoms with E-state index in [4.69, 9.17) is 8.74 Å². The van der Waals surface area contributed by atoms with Crippen molar-refractivity contribution in [2.45, 2.75) is 71.3 Å². The molecule has 0 heterocycles. The van der Waals surface area contributed by atoms with Crippen LogP contribution >= 0.6 is 0 Å². The second-order valence-electron chi connectivity index (χ2n) is 9.07. The second-order valence-corrected chi connectivity index (χ2v) is 10.1. The third-order valence-corrected chi connectivity index (χ3v) is 8.54. The standard InChI is InChI=1S/C19H28O5S/c1-18-9-7-13(24-25(21,22)23)11-12(18)3-4-14-15-5-6-17(20)19(15,2)10-8-16(14)18/h3,13-16H,4-11H2,1-2H3,(H,21,22,23)/t13-,14?,15?,16?,18?,19?/m0/s1. The number of allylic oxidation sites excluding steroid dienone is 1. The Morgan fingerprint density at radius 1 is 1.12 bits per heavy atom.